The van der Waals surface area contributed by atoms with Crippen LogP contribution in [0.4, 0.5) is 0 Å². The third-order valence-corrected chi connectivity index (χ3v) is 2.53. The molecule has 2 N–H and O–H groups in total. The molecule has 1 aromatic rings. The second-order valence-electron chi connectivity index (χ2n) is 4.41. The van der Waals surface area contributed by atoms with Crippen LogP contribution in [-0.4, -0.2) is 23.3 Å². The lowest BCUT2D eigenvalue weighted by Crippen LogP contribution is -2.12. The molecule has 1 unspecified atom stereocenters. The molecule has 0 aliphatic carbocycles. The quantitative estimate of drug-likeness (QED) is 0.705. The number of aromatic nitrogens is 2. The smallest absolute Gasteiger partial charge is 0.226 e. The maximum Gasteiger partial charge on any atom is 0.226 e. The van der Waals surface area contributed by atoms with Crippen LogP contribution in [0.25, 0.3) is 0 Å². The van der Waals surface area contributed by atoms with Crippen molar-refractivity contribution < 1.29 is 9.26 Å². The van der Waals surface area contributed by atoms with E-state index in [0.717, 1.165) is 19.3 Å². The van der Waals surface area contributed by atoms with E-state index >= 15 is 0 Å². The first kappa shape index (κ1) is 14.1. The summed E-state index contributed by atoms with van der Waals surface area (Å²) >= 11 is 0. The molecule has 0 bridgehead atoms. The summed E-state index contributed by atoms with van der Waals surface area (Å²) in [5, 5.41) is 3.99. The zero-order valence-corrected chi connectivity index (χ0v) is 11.0. The van der Waals surface area contributed by atoms with Gasteiger partial charge in [-0.05, 0) is 32.2 Å². The maximum absolute atomic E-state index is 5.62. The van der Waals surface area contributed by atoms with Crippen LogP contribution in [-0.2, 0) is 11.2 Å². The van der Waals surface area contributed by atoms with Gasteiger partial charge in [0.25, 0.3) is 0 Å². The summed E-state index contributed by atoms with van der Waals surface area (Å²) in [6.45, 7) is 7.50. The molecular formula is C12H23N3O2. The van der Waals surface area contributed by atoms with Crippen LogP contribution in [0.1, 0.15) is 51.4 Å². The molecule has 0 saturated carbocycles. The van der Waals surface area contributed by atoms with Crippen molar-refractivity contribution in [3.05, 3.63) is 11.7 Å². The summed E-state index contributed by atoms with van der Waals surface area (Å²) in [6, 6.07) is 0. The lowest BCUT2D eigenvalue weighted by Gasteiger charge is -2.16. The summed E-state index contributed by atoms with van der Waals surface area (Å²) < 4.78 is 10.8. The predicted octanol–water partition coefficient (Wildman–Crippen LogP) is 2.08. The van der Waals surface area contributed by atoms with E-state index in [1.165, 1.54) is 0 Å². The number of hydrogen-bond donors (Lipinski definition) is 1. The zero-order valence-electron chi connectivity index (χ0n) is 11.0. The van der Waals surface area contributed by atoms with Gasteiger partial charge in [0.2, 0.25) is 11.7 Å². The van der Waals surface area contributed by atoms with Crippen molar-refractivity contribution in [3.8, 4) is 0 Å². The average molecular weight is 241 g/mol. The molecule has 0 spiro atoms. The van der Waals surface area contributed by atoms with Crippen LogP contribution >= 0.6 is 0 Å². The molecule has 0 aliphatic heterocycles. The van der Waals surface area contributed by atoms with Crippen LogP contribution < -0.4 is 5.73 Å². The second kappa shape index (κ2) is 7.40. The van der Waals surface area contributed by atoms with E-state index in [4.69, 9.17) is 15.0 Å². The molecule has 98 valence electrons. The normalized spacial score (nSPS) is 13.2. The number of aryl methyl sites for hydroxylation is 1. The monoisotopic (exact) mass is 241 g/mol. The van der Waals surface area contributed by atoms with Gasteiger partial charge in [0, 0.05) is 13.0 Å². The molecule has 1 rings (SSSR count). The molecule has 0 saturated heterocycles. The Labute approximate surface area is 103 Å². The number of nitrogens with two attached hydrogens (primary N) is 1. The molecule has 0 radical (unpaired) electrons. The van der Waals surface area contributed by atoms with Gasteiger partial charge in [-0.15, -0.1) is 0 Å². The van der Waals surface area contributed by atoms with Crippen molar-refractivity contribution in [2.75, 3.05) is 13.2 Å². The third kappa shape index (κ3) is 4.44. The van der Waals surface area contributed by atoms with Gasteiger partial charge in [-0.1, -0.05) is 19.0 Å². The minimum Gasteiger partial charge on any atom is -0.370 e. The molecule has 1 heterocycles. The molecule has 0 aliphatic rings. The van der Waals surface area contributed by atoms with Gasteiger partial charge in [-0.3, -0.25) is 0 Å². The van der Waals surface area contributed by atoms with Crippen molar-refractivity contribution in [2.45, 2.75) is 46.1 Å². The van der Waals surface area contributed by atoms with Gasteiger partial charge in [0.1, 0.15) is 6.10 Å². The fourth-order valence-electron chi connectivity index (χ4n) is 1.65. The van der Waals surface area contributed by atoms with Gasteiger partial charge in [-0.25, -0.2) is 0 Å². The van der Waals surface area contributed by atoms with E-state index in [1.807, 2.05) is 6.92 Å². The maximum atomic E-state index is 5.62. The Kier molecular flexibility index (Phi) is 6.15. The Morgan fingerprint density at radius 1 is 1.35 bits per heavy atom. The van der Waals surface area contributed by atoms with Gasteiger partial charge in [-0.2, -0.15) is 4.98 Å². The minimum atomic E-state index is -0.0768. The standard InChI is InChI=1S/C12H23N3O2/c1-4-16-11(9(2)3)12-14-10(17-15-12)7-5-6-8-13/h9,11H,4-8,13H2,1-3H3. The second-order valence-corrected chi connectivity index (χ2v) is 4.41. The average Bonchev–Trinajstić information content (AvgIpc) is 2.74. The highest BCUT2D eigenvalue weighted by molar-refractivity contribution is 4.93. The van der Waals surface area contributed by atoms with Crippen molar-refractivity contribution in [1.82, 2.24) is 10.1 Å². The molecule has 0 fully saturated rings. The summed E-state index contributed by atoms with van der Waals surface area (Å²) in [6.07, 6.45) is 2.68. The van der Waals surface area contributed by atoms with E-state index in [2.05, 4.69) is 24.0 Å². The number of ether oxygens (including phenoxy) is 1. The van der Waals surface area contributed by atoms with Gasteiger partial charge >= 0.3 is 0 Å². The first-order valence-corrected chi connectivity index (χ1v) is 6.33. The lowest BCUT2D eigenvalue weighted by molar-refractivity contribution is 0.0217. The SMILES string of the molecule is CCOC(c1noc(CCCCN)n1)C(C)C. The Morgan fingerprint density at radius 2 is 2.12 bits per heavy atom. The predicted molar refractivity (Wildman–Crippen MR) is 65.5 cm³/mol. The van der Waals surface area contributed by atoms with Crippen LogP contribution in [0.5, 0.6) is 0 Å². The zero-order chi connectivity index (χ0) is 12.7. The minimum absolute atomic E-state index is 0.0768. The van der Waals surface area contributed by atoms with E-state index in [9.17, 15) is 0 Å². The summed E-state index contributed by atoms with van der Waals surface area (Å²) in [5.74, 6) is 1.67. The molecule has 1 atom stereocenters. The number of rotatable bonds is 8. The summed E-state index contributed by atoms with van der Waals surface area (Å²) in [5.41, 5.74) is 5.44. The molecule has 0 aromatic carbocycles. The molecule has 0 amide bonds. The van der Waals surface area contributed by atoms with E-state index < -0.39 is 0 Å². The van der Waals surface area contributed by atoms with E-state index in [-0.39, 0.29) is 6.10 Å². The van der Waals surface area contributed by atoms with Crippen molar-refractivity contribution in [2.24, 2.45) is 11.7 Å². The van der Waals surface area contributed by atoms with E-state index in [0.29, 0.717) is 30.8 Å². The lowest BCUT2D eigenvalue weighted by atomic mass is 10.1. The van der Waals surface area contributed by atoms with Gasteiger partial charge < -0.3 is 15.0 Å². The summed E-state index contributed by atoms with van der Waals surface area (Å²) in [7, 11) is 0. The molecule has 17 heavy (non-hydrogen) atoms. The highest BCUT2D eigenvalue weighted by Gasteiger charge is 2.21. The van der Waals surface area contributed by atoms with Crippen LogP contribution in [0, 0.1) is 5.92 Å². The largest absolute Gasteiger partial charge is 0.370 e. The molecule has 5 heteroatoms. The number of nitrogens with zero attached hydrogens (tertiary/aromatic N) is 2. The fourth-order valence-corrected chi connectivity index (χ4v) is 1.65. The van der Waals surface area contributed by atoms with Gasteiger partial charge in [0.15, 0.2) is 0 Å². The highest BCUT2D eigenvalue weighted by Crippen LogP contribution is 2.23. The summed E-state index contributed by atoms with van der Waals surface area (Å²) in [4.78, 5) is 4.38. The van der Waals surface area contributed by atoms with Crippen LogP contribution in [0.15, 0.2) is 4.52 Å². The highest BCUT2D eigenvalue weighted by atomic mass is 16.5. The van der Waals surface area contributed by atoms with E-state index in [1.54, 1.807) is 0 Å². The first-order valence-electron chi connectivity index (χ1n) is 6.33. The fraction of sp³-hybridized carbons (Fsp3) is 0.833. The van der Waals surface area contributed by atoms with Crippen LogP contribution in [0.2, 0.25) is 0 Å². The Balaban J connectivity index is 2.58. The van der Waals surface area contributed by atoms with Crippen molar-refractivity contribution in [3.63, 3.8) is 0 Å². The number of hydrogen-bond acceptors (Lipinski definition) is 5. The van der Waals surface area contributed by atoms with Crippen LogP contribution in [0.3, 0.4) is 0 Å². The van der Waals surface area contributed by atoms with Crippen molar-refractivity contribution >= 4 is 0 Å². The Hall–Kier alpha value is -0.940. The first-order chi connectivity index (χ1) is 8.19. The Morgan fingerprint density at radius 3 is 2.71 bits per heavy atom. The molecule has 5 nitrogen and oxygen atoms in total. The molecule has 1 aromatic heterocycles. The number of unbranched alkanes of at least 4 members (excludes halogenated alkanes) is 1. The molecular weight excluding hydrogens is 218 g/mol. The van der Waals surface area contributed by atoms with Gasteiger partial charge in [0.05, 0.1) is 0 Å². The third-order valence-electron chi connectivity index (χ3n) is 2.53. The Bertz CT molecular complexity index is 312. The topological polar surface area (TPSA) is 74.2 Å². The van der Waals surface area contributed by atoms with Crippen molar-refractivity contribution in [1.29, 1.82) is 0 Å².